The molecule has 1 heterocycles. The highest BCUT2D eigenvalue weighted by Crippen LogP contribution is 2.25. The van der Waals surface area contributed by atoms with Gasteiger partial charge in [-0.25, -0.2) is 0 Å². The molecule has 2 aromatic carbocycles. The first kappa shape index (κ1) is 14.0. The molecule has 3 N–H and O–H groups in total. The third-order valence-electron chi connectivity index (χ3n) is 3.45. The van der Waals surface area contributed by atoms with Crippen LogP contribution in [0.25, 0.3) is 22.2 Å². The summed E-state index contributed by atoms with van der Waals surface area (Å²) >= 11 is 5.57. The van der Waals surface area contributed by atoms with E-state index in [1.807, 2.05) is 24.3 Å². The molecule has 1 atom stereocenters. The van der Waals surface area contributed by atoms with Gasteiger partial charge < -0.3 is 15.4 Å². The van der Waals surface area contributed by atoms with Gasteiger partial charge in [-0.05, 0) is 29.8 Å². The van der Waals surface area contributed by atoms with E-state index < -0.39 is 6.10 Å². The molecule has 3 nitrogen and oxygen atoms in total. The van der Waals surface area contributed by atoms with Crippen LogP contribution >= 0.6 is 11.6 Å². The van der Waals surface area contributed by atoms with Gasteiger partial charge in [-0.3, -0.25) is 0 Å². The zero-order chi connectivity index (χ0) is 14.7. The van der Waals surface area contributed by atoms with E-state index in [1.165, 1.54) is 5.39 Å². The van der Waals surface area contributed by atoms with Crippen molar-refractivity contribution in [3.05, 3.63) is 54.6 Å². The highest BCUT2D eigenvalue weighted by molar-refractivity contribution is 6.18. The number of hydrogen-bond acceptors (Lipinski definition) is 2. The fourth-order valence-corrected chi connectivity index (χ4v) is 2.40. The van der Waals surface area contributed by atoms with Crippen molar-refractivity contribution in [3.8, 4) is 11.3 Å². The average Bonchev–Trinajstić information content (AvgIpc) is 2.97. The quantitative estimate of drug-likeness (QED) is 0.627. The Hall–Kier alpha value is -1.97. The van der Waals surface area contributed by atoms with Crippen LogP contribution in [-0.4, -0.2) is 28.6 Å². The summed E-state index contributed by atoms with van der Waals surface area (Å²) in [6.07, 6.45) is -0.528. The van der Waals surface area contributed by atoms with Gasteiger partial charge in [-0.15, -0.1) is 11.6 Å². The lowest BCUT2D eigenvalue weighted by atomic mass is 10.1. The van der Waals surface area contributed by atoms with Crippen LogP contribution in [0.15, 0.2) is 54.6 Å². The Bertz CT molecular complexity index is 688. The maximum Gasteiger partial charge on any atom is 0.0847 e. The SMILES string of the molecule is OC(CCl)CNc1ccc(-c2cc3ccccc3[nH]2)cc1. The van der Waals surface area contributed by atoms with E-state index in [2.05, 4.69) is 40.6 Å². The number of anilines is 1. The van der Waals surface area contributed by atoms with Gasteiger partial charge in [0.25, 0.3) is 0 Å². The van der Waals surface area contributed by atoms with Crippen molar-refractivity contribution in [2.45, 2.75) is 6.10 Å². The lowest BCUT2D eigenvalue weighted by Crippen LogP contribution is -2.20. The highest BCUT2D eigenvalue weighted by atomic mass is 35.5. The van der Waals surface area contributed by atoms with Gasteiger partial charge in [0.15, 0.2) is 0 Å². The summed E-state index contributed by atoms with van der Waals surface area (Å²) in [5.74, 6) is 0.236. The van der Waals surface area contributed by atoms with Gasteiger partial charge in [0, 0.05) is 28.8 Å². The smallest absolute Gasteiger partial charge is 0.0847 e. The molecule has 1 aromatic heterocycles. The highest BCUT2D eigenvalue weighted by Gasteiger charge is 2.04. The number of fused-ring (bicyclic) bond motifs is 1. The largest absolute Gasteiger partial charge is 0.390 e. The molecule has 3 rings (SSSR count). The van der Waals surface area contributed by atoms with E-state index in [0.29, 0.717) is 6.54 Å². The Kier molecular flexibility index (Phi) is 4.13. The van der Waals surface area contributed by atoms with Crippen LogP contribution in [-0.2, 0) is 0 Å². The number of H-pyrrole nitrogens is 1. The Morgan fingerprint density at radius 3 is 2.57 bits per heavy atom. The van der Waals surface area contributed by atoms with Crippen LogP contribution in [0.5, 0.6) is 0 Å². The number of nitrogens with one attached hydrogen (secondary N) is 2. The molecule has 0 radical (unpaired) electrons. The second-order valence-corrected chi connectivity index (χ2v) is 5.35. The lowest BCUT2D eigenvalue weighted by molar-refractivity contribution is 0.211. The third kappa shape index (κ3) is 3.20. The molecule has 108 valence electrons. The van der Waals surface area contributed by atoms with E-state index in [0.717, 1.165) is 22.5 Å². The topological polar surface area (TPSA) is 48.0 Å². The molecular formula is C17H17ClN2O. The number of aromatic nitrogens is 1. The summed E-state index contributed by atoms with van der Waals surface area (Å²) in [6.45, 7) is 0.454. The molecule has 4 heteroatoms. The minimum absolute atomic E-state index is 0.236. The molecule has 0 amide bonds. The van der Waals surface area contributed by atoms with E-state index in [9.17, 15) is 5.11 Å². The molecule has 0 saturated heterocycles. The van der Waals surface area contributed by atoms with Gasteiger partial charge in [0.1, 0.15) is 0 Å². The maximum atomic E-state index is 9.43. The number of para-hydroxylation sites is 1. The molecule has 0 aliphatic rings. The predicted molar refractivity (Wildman–Crippen MR) is 89.0 cm³/mol. The van der Waals surface area contributed by atoms with Crippen molar-refractivity contribution in [2.75, 3.05) is 17.7 Å². The number of hydrogen-bond donors (Lipinski definition) is 3. The molecule has 3 aromatic rings. The molecular weight excluding hydrogens is 284 g/mol. The fourth-order valence-electron chi connectivity index (χ4n) is 2.29. The molecule has 0 fully saturated rings. The van der Waals surface area contributed by atoms with Crippen molar-refractivity contribution in [3.63, 3.8) is 0 Å². The standard InChI is InChI=1S/C17H17ClN2O/c18-10-15(21)11-19-14-7-5-12(6-8-14)17-9-13-3-1-2-4-16(13)20-17/h1-9,15,19-21H,10-11H2. The van der Waals surface area contributed by atoms with Crippen molar-refractivity contribution < 1.29 is 5.11 Å². The van der Waals surface area contributed by atoms with Gasteiger partial charge in [0.05, 0.1) is 12.0 Å². The number of benzene rings is 2. The average molecular weight is 301 g/mol. The van der Waals surface area contributed by atoms with E-state index in [4.69, 9.17) is 11.6 Å². The minimum Gasteiger partial charge on any atom is -0.390 e. The van der Waals surface area contributed by atoms with Crippen LogP contribution in [0, 0.1) is 0 Å². The summed E-state index contributed by atoms with van der Waals surface area (Å²) in [7, 11) is 0. The van der Waals surface area contributed by atoms with E-state index in [-0.39, 0.29) is 5.88 Å². The lowest BCUT2D eigenvalue weighted by Gasteiger charge is -2.10. The first-order chi connectivity index (χ1) is 10.3. The first-order valence-corrected chi connectivity index (χ1v) is 7.46. The molecule has 21 heavy (non-hydrogen) atoms. The Morgan fingerprint density at radius 2 is 1.86 bits per heavy atom. The summed E-state index contributed by atoms with van der Waals surface area (Å²) < 4.78 is 0. The summed E-state index contributed by atoms with van der Waals surface area (Å²) in [5.41, 5.74) is 4.34. The second-order valence-electron chi connectivity index (χ2n) is 5.04. The molecule has 0 saturated carbocycles. The number of alkyl halides is 1. The normalized spacial score (nSPS) is 12.5. The second kappa shape index (κ2) is 6.20. The summed E-state index contributed by atoms with van der Waals surface area (Å²) in [6, 6.07) is 18.5. The van der Waals surface area contributed by atoms with Crippen molar-refractivity contribution in [2.24, 2.45) is 0 Å². The molecule has 0 spiro atoms. The summed E-state index contributed by atoms with van der Waals surface area (Å²) in [5, 5.41) is 13.8. The number of aliphatic hydroxyl groups is 1. The number of halogens is 1. The number of aliphatic hydroxyl groups excluding tert-OH is 1. The number of rotatable bonds is 5. The van der Waals surface area contributed by atoms with Crippen LogP contribution in [0.4, 0.5) is 5.69 Å². The van der Waals surface area contributed by atoms with Gasteiger partial charge in [-0.2, -0.15) is 0 Å². The van der Waals surface area contributed by atoms with Crippen LogP contribution in [0.2, 0.25) is 0 Å². The van der Waals surface area contributed by atoms with Gasteiger partial charge >= 0.3 is 0 Å². The summed E-state index contributed by atoms with van der Waals surface area (Å²) in [4.78, 5) is 3.41. The zero-order valence-corrected chi connectivity index (χ0v) is 12.3. The van der Waals surface area contributed by atoms with Crippen molar-refractivity contribution in [1.29, 1.82) is 0 Å². The van der Waals surface area contributed by atoms with Crippen molar-refractivity contribution >= 4 is 28.2 Å². The zero-order valence-electron chi connectivity index (χ0n) is 11.5. The fraction of sp³-hybridized carbons (Fsp3) is 0.176. The van der Waals surface area contributed by atoms with Crippen LogP contribution in [0.1, 0.15) is 0 Å². The first-order valence-electron chi connectivity index (χ1n) is 6.92. The van der Waals surface area contributed by atoms with Gasteiger partial charge in [0.2, 0.25) is 0 Å². The Balaban J connectivity index is 1.77. The Labute approximate surface area is 128 Å². The molecule has 0 bridgehead atoms. The Morgan fingerprint density at radius 1 is 1.10 bits per heavy atom. The van der Waals surface area contributed by atoms with Gasteiger partial charge in [-0.1, -0.05) is 30.3 Å². The van der Waals surface area contributed by atoms with Crippen LogP contribution in [0.3, 0.4) is 0 Å². The molecule has 1 unspecified atom stereocenters. The van der Waals surface area contributed by atoms with Crippen molar-refractivity contribution in [1.82, 2.24) is 4.98 Å². The minimum atomic E-state index is -0.528. The number of aromatic amines is 1. The monoisotopic (exact) mass is 300 g/mol. The predicted octanol–water partition coefficient (Wildman–Crippen LogP) is 3.85. The maximum absolute atomic E-state index is 9.43. The third-order valence-corrected chi connectivity index (χ3v) is 3.80. The van der Waals surface area contributed by atoms with E-state index >= 15 is 0 Å². The van der Waals surface area contributed by atoms with Crippen LogP contribution < -0.4 is 5.32 Å². The molecule has 0 aliphatic heterocycles. The van der Waals surface area contributed by atoms with E-state index in [1.54, 1.807) is 0 Å². The molecule has 0 aliphatic carbocycles.